The third kappa shape index (κ3) is 8.49. The van der Waals surface area contributed by atoms with Gasteiger partial charge >= 0.3 is 11.9 Å². The fraction of sp³-hybridized carbons (Fsp3) is 0.0800. The van der Waals surface area contributed by atoms with Gasteiger partial charge in [-0.25, -0.2) is 46.7 Å². The first kappa shape index (κ1) is 46.7. The normalized spacial score (nSPS) is 12.2. The monoisotopic (exact) mass is 1030 g/mol. The largest absolute Gasteiger partial charge is 0.480 e. The van der Waals surface area contributed by atoms with E-state index < -0.39 is 68.0 Å². The van der Waals surface area contributed by atoms with Crippen molar-refractivity contribution in [1.82, 2.24) is 48.5 Å². The molecule has 4 N–H and O–H groups in total. The van der Waals surface area contributed by atoms with E-state index in [1.54, 1.807) is 97.1 Å². The zero-order valence-corrected chi connectivity index (χ0v) is 39.4. The average Bonchev–Trinajstić information content (AvgIpc) is 4.09. The molecule has 5 heterocycles. The van der Waals surface area contributed by atoms with Crippen LogP contribution in [0.15, 0.2) is 155 Å². The Hall–Kier alpha value is -8.05. The van der Waals surface area contributed by atoms with Crippen LogP contribution in [0.5, 0.6) is 0 Å². The van der Waals surface area contributed by atoms with Crippen molar-refractivity contribution in [2.75, 3.05) is 13.1 Å². The molecular formula is C50H36CoN10O8S2. The molecular weight excluding hydrogens is 992 g/mol. The van der Waals surface area contributed by atoms with Crippen LogP contribution in [0.4, 0.5) is 0 Å². The number of carboxylic acid groups (broad SMARTS) is 2. The van der Waals surface area contributed by atoms with Crippen molar-refractivity contribution in [1.29, 1.82) is 0 Å². The van der Waals surface area contributed by atoms with Crippen molar-refractivity contribution in [3.8, 4) is 45.6 Å². The van der Waals surface area contributed by atoms with Crippen molar-refractivity contribution in [2.24, 2.45) is 0 Å². The molecule has 3 aromatic heterocycles. The van der Waals surface area contributed by atoms with E-state index in [-0.39, 0.29) is 56.3 Å². The van der Waals surface area contributed by atoms with Gasteiger partial charge in [0.25, 0.3) is 0 Å². The van der Waals surface area contributed by atoms with E-state index in [2.05, 4.69) is 9.97 Å². The van der Waals surface area contributed by atoms with E-state index in [4.69, 9.17) is 29.9 Å². The maximum Gasteiger partial charge on any atom is 0.318 e. The average molecular weight is 1030 g/mol. The minimum atomic E-state index is -5.26. The first-order chi connectivity index (χ1) is 33.8. The van der Waals surface area contributed by atoms with Crippen molar-refractivity contribution in [3.63, 3.8) is 0 Å². The van der Waals surface area contributed by atoms with Gasteiger partial charge in [-0.1, -0.05) is 133 Å². The molecule has 21 heteroatoms. The molecule has 0 saturated heterocycles. The van der Waals surface area contributed by atoms with E-state index >= 15 is 16.8 Å². The van der Waals surface area contributed by atoms with Crippen LogP contribution in [0, 0.1) is 0 Å². The molecule has 0 aliphatic carbocycles. The summed E-state index contributed by atoms with van der Waals surface area (Å²) in [5.41, 5.74) is 3.79. The maximum absolute atomic E-state index is 15.7. The SMILES string of the molecule is O=C(O)CN(Cc1ccccc1)S(=O)(=O)c1ccc2c3nc4nc(nc5[nH]c(nc6nc(nc([nH]3)c2c1S(=O)(=O)N(CC(=O)O)Cc1ccccc1)-c1ccccc1-6)c1ccccc51)-c1ccccc1-4.[Co]. The molecule has 2 aliphatic heterocycles. The number of carbonyl (C=O) groups is 2. The number of hydrogen-bond donors (Lipinski definition) is 4. The Morgan fingerprint density at radius 1 is 0.437 bits per heavy atom. The number of aromatic nitrogens is 8. The van der Waals surface area contributed by atoms with E-state index in [1.165, 1.54) is 6.07 Å². The summed E-state index contributed by atoms with van der Waals surface area (Å²) < 4.78 is 63.4. The van der Waals surface area contributed by atoms with Gasteiger partial charge in [0, 0.05) is 73.7 Å². The smallest absolute Gasteiger partial charge is 0.318 e. The number of benzene rings is 6. The summed E-state index contributed by atoms with van der Waals surface area (Å²) >= 11 is 0. The summed E-state index contributed by atoms with van der Waals surface area (Å²) in [5.74, 6) is -2.25. The van der Waals surface area contributed by atoms with Crippen molar-refractivity contribution < 1.29 is 53.4 Å². The molecule has 71 heavy (non-hydrogen) atoms. The number of carboxylic acids is 2. The summed E-state index contributed by atoms with van der Waals surface area (Å²) in [6.45, 7) is -3.10. The Morgan fingerprint density at radius 2 is 0.803 bits per heavy atom. The van der Waals surface area contributed by atoms with Gasteiger partial charge in [0.2, 0.25) is 20.0 Å². The molecule has 0 fully saturated rings. The van der Waals surface area contributed by atoms with Gasteiger partial charge in [-0.15, -0.1) is 0 Å². The van der Waals surface area contributed by atoms with Crippen LogP contribution < -0.4 is 0 Å². The van der Waals surface area contributed by atoms with Crippen molar-refractivity contribution in [3.05, 3.63) is 157 Å². The molecule has 2 aliphatic rings. The molecule has 0 saturated carbocycles. The van der Waals surface area contributed by atoms with Crippen LogP contribution in [0.1, 0.15) is 11.1 Å². The molecule has 0 atom stereocenters. The van der Waals surface area contributed by atoms with Crippen LogP contribution >= 0.6 is 0 Å². The zero-order valence-electron chi connectivity index (χ0n) is 36.8. The molecule has 6 aromatic carbocycles. The molecule has 11 rings (SSSR count). The Bertz CT molecular complexity index is 4040. The van der Waals surface area contributed by atoms with Crippen molar-refractivity contribution >= 4 is 76.1 Å². The van der Waals surface area contributed by atoms with E-state index in [9.17, 15) is 19.8 Å². The van der Waals surface area contributed by atoms with Crippen LogP contribution in [-0.4, -0.2) is 101 Å². The van der Waals surface area contributed by atoms with Crippen molar-refractivity contribution in [2.45, 2.75) is 22.9 Å². The number of hydrogen-bond acceptors (Lipinski definition) is 12. The predicted molar refractivity (Wildman–Crippen MR) is 259 cm³/mol. The first-order valence-electron chi connectivity index (χ1n) is 21.6. The minimum Gasteiger partial charge on any atom is -0.480 e. The fourth-order valence-corrected chi connectivity index (χ4v) is 12.5. The quantitative estimate of drug-likeness (QED) is 0.0929. The fourth-order valence-electron chi connectivity index (χ4n) is 8.74. The van der Waals surface area contributed by atoms with Gasteiger partial charge in [-0.2, -0.15) is 8.61 Å². The second kappa shape index (κ2) is 18.4. The minimum absolute atomic E-state index is 0. The third-order valence-corrected chi connectivity index (χ3v) is 15.7. The first-order valence-corrected chi connectivity index (χ1v) is 24.5. The number of nitrogens with one attached hydrogen (secondary N) is 2. The van der Waals surface area contributed by atoms with Crippen LogP contribution in [0.25, 0.3) is 89.7 Å². The summed E-state index contributed by atoms with van der Waals surface area (Å²) in [7, 11) is -10.4. The number of aromatic amines is 2. The number of fused-ring (bicyclic) bond motifs is 20. The van der Waals surface area contributed by atoms with Gasteiger partial charge in [0.1, 0.15) is 45.5 Å². The van der Waals surface area contributed by atoms with Gasteiger partial charge in [0.15, 0.2) is 23.3 Å². The van der Waals surface area contributed by atoms with Gasteiger partial charge in [-0.3, -0.25) is 9.59 Å². The standard InChI is InChI=1S/C50H36N10O8S2.Co/c61-39(62)27-59(25-29-13-3-1-4-14-29)69(65,66)38-24-23-37-41(42(38)70(67,68)60(28-40(63)64)26-30-15-5-2-6-16-30)50-57-48-36-22-12-11-21-35(36)46(55-48)53-44-32-18-8-7-17-31(32)43(51-44)52-45-33-19-9-10-20-34(33)47(54-45)56-49(37)58-50;/h1-24H,25-28H2,(H,61,62)(H,63,64)(H2,51,52,53,54,55,56,57,58);. The van der Waals surface area contributed by atoms with Crippen LogP contribution in [-0.2, 0) is 59.5 Å². The third-order valence-electron chi connectivity index (χ3n) is 11.9. The van der Waals surface area contributed by atoms with E-state index in [0.717, 1.165) is 16.8 Å². The Labute approximate surface area is 414 Å². The molecule has 8 bridgehead atoms. The number of aliphatic carboxylic acids is 2. The van der Waals surface area contributed by atoms with Crippen LogP contribution in [0.3, 0.4) is 0 Å². The Morgan fingerprint density at radius 3 is 1.24 bits per heavy atom. The summed E-state index contributed by atoms with van der Waals surface area (Å²) in [6, 6.07) is 40.8. The molecule has 9 aromatic rings. The molecule has 0 spiro atoms. The maximum atomic E-state index is 15.7. The topological polar surface area (TPSA) is 258 Å². The zero-order chi connectivity index (χ0) is 48.3. The second-order valence-electron chi connectivity index (χ2n) is 16.4. The number of nitrogens with zero attached hydrogens (tertiary/aromatic N) is 8. The number of sulfonamides is 2. The Kier molecular flexibility index (Phi) is 12.1. The Balaban J connectivity index is 0.00000582. The molecule has 0 unspecified atom stereocenters. The molecule has 0 amide bonds. The van der Waals surface area contributed by atoms with E-state index in [1.807, 2.05) is 36.4 Å². The number of H-pyrrole nitrogens is 2. The van der Waals surface area contributed by atoms with Gasteiger partial charge in [-0.05, 0) is 23.3 Å². The predicted octanol–water partition coefficient (Wildman–Crippen LogP) is 7.42. The second-order valence-corrected chi connectivity index (χ2v) is 20.1. The summed E-state index contributed by atoms with van der Waals surface area (Å²) in [6.07, 6.45) is 0. The number of rotatable bonds is 12. The van der Waals surface area contributed by atoms with Crippen LogP contribution in [0.2, 0.25) is 0 Å². The summed E-state index contributed by atoms with van der Waals surface area (Å²) in [4.78, 5) is 59.6. The van der Waals surface area contributed by atoms with E-state index in [0.29, 0.717) is 59.1 Å². The van der Waals surface area contributed by atoms with Gasteiger partial charge in [0.05, 0.1) is 0 Å². The molecule has 18 nitrogen and oxygen atoms in total. The molecule has 1 radical (unpaired) electrons. The summed E-state index contributed by atoms with van der Waals surface area (Å²) in [5, 5.41) is 21.6. The van der Waals surface area contributed by atoms with Gasteiger partial charge < -0.3 is 20.2 Å². The molecule has 355 valence electrons.